The lowest BCUT2D eigenvalue weighted by Crippen LogP contribution is -2.10. The molecule has 102 valence electrons. The van der Waals surface area contributed by atoms with Gasteiger partial charge in [-0.3, -0.25) is 4.57 Å². The van der Waals surface area contributed by atoms with E-state index >= 15 is 0 Å². The fourth-order valence-corrected chi connectivity index (χ4v) is 2.34. The summed E-state index contributed by atoms with van der Waals surface area (Å²) < 4.78 is 7.64. The van der Waals surface area contributed by atoms with Crippen LogP contribution in [0.2, 0.25) is 0 Å². The second kappa shape index (κ2) is 5.35. The van der Waals surface area contributed by atoms with E-state index < -0.39 is 0 Å². The molecule has 0 saturated heterocycles. The number of benzene rings is 2. The van der Waals surface area contributed by atoms with Crippen molar-refractivity contribution < 1.29 is 4.74 Å². The van der Waals surface area contributed by atoms with Gasteiger partial charge in [0.1, 0.15) is 18.2 Å². The predicted octanol–water partition coefficient (Wildman–Crippen LogP) is 2.67. The Morgan fingerprint density at radius 3 is 2.60 bits per heavy atom. The first-order valence-electron chi connectivity index (χ1n) is 6.67. The van der Waals surface area contributed by atoms with E-state index in [0.29, 0.717) is 13.2 Å². The van der Waals surface area contributed by atoms with Crippen LogP contribution >= 0.6 is 0 Å². The number of nitrogens with zero attached hydrogens (tertiary/aromatic N) is 2. The number of ether oxygens (including phenoxy) is 1. The molecule has 3 rings (SSSR count). The molecular formula is C16H17N3O. The Morgan fingerprint density at radius 2 is 1.85 bits per heavy atom. The molecule has 2 N–H and O–H groups in total. The molecular weight excluding hydrogens is 250 g/mol. The first-order chi connectivity index (χ1) is 9.79. The SMILES string of the molecule is Cc1nc2ccccc2n1-c1ccc(OCCN)cc1. The van der Waals surface area contributed by atoms with E-state index in [-0.39, 0.29) is 0 Å². The van der Waals surface area contributed by atoms with Gasteiger partial charge in [-0.15, -0.1) is 0 Å². The van der Waals surface area contributed by atoms with Crippen LogP contribution in [0.5, 0.6) is 5.75 Å². The van der Waals surface area contributed by atoms with Crippen LogP contribution < -0.4 is 10.5 Å². The number of para-hydroxylation sites is 2. The molecule has 4 heteroatoms. The van der Waals surface area contributed by atoms with Crippen LogP contribution in [-0.2, 0) is 0 Å². The molecule has 0 aliphatic heterocycles. The van der Waals surface area contributed by atoms with Crippen molar-refractivity contribution in [2.45, 2.75) is 6.92 Å². The first kappa shape index (κ1) is 12.7. The maximum atomic E-state index is 5.50. The number of hydrogen-bond acceptors (Lipinski definition) is 3. The van der Waals surface area contributed by atoms with Gasteiger partial charge in [0, 0.05) is 12.2 Å². The van der Waals surface area contributed by atoms with Gasteiger partial charge in [0.15, 0.2) is 0 Å². The summed E-state index contributed by atoms with van der Waals surface area (Å²) in [5.41, 5.74) is 8.63. The highest BCUT2D eigenvalue weighted by Crippen LogP contribution is 2.22. The second-order valence-electron chi connectivity index (χ2n) is 4.61. The van der Waals surface area contributed by atoms with Crippen LogP contribution in [0, 0.1) is 6.92 Å². The highest BCUT2D eigenvalue weighted by Gasteiger charge is 2.08. The van der Waals surface area contributed by atoms with Gasteiger partial charge in [0.25, 0.3) is 0 Å². The molecule has 3 aromatic rings. The molecule has 4 nitrogen and oxygen atoms in total. The Labute approximate surface area is 117 Å². The standard InChI is InChI=1S/C16H17N3O/c1-12-18-15-4-2-3-5-16(15)19(12)13-6-8-14(9-7-13)20-11-10-17/h2-9H,10-11,17H2,1H3. The smallest absolute Gasteiger partial charge is 0.119 e. The first-order valence-corrected chi connectivity index (χ1v) is 6.67. The molecule has 1 aromatic heterocycles. The normalized spacial score (nSPS) is 10.9. The number of fused-ring (bicyclic) bond motifs is 1. The van der Waals surface area contributed by atoms with E-state index in [1.165, 1.54) is 0 Å². The van der Waals surface area contributed by atoms with Crippen molar-refractivity contribution in [3.63, 3.8) is 0 Å². The van der Waals surface area contributed by atoms with E-state index in [9.17, 15) is 0 Å². The largest absolute Gasteiger partial charge is 0.492 e. The van der Waals surface area contributed by atoms with Gasteiger partial charge in [-0.05, 0) is 43.3 Å². The number of aromatic nitrogens is 2. The van der Waals surface area contributed by atoms with E-state index in [4.69, 9.17) is 10.5 Å². The Morgan fingerprint density at radius 1 is 1.10 bits per heavy atom. The number of hydrogen-bond donors (Lipinski definition) is 1. The number of nitrogens with two attached hydrogens (primary N) is 1. The zero-order chi connectivity index (χ0) is 13.9. The van der Waals surface area contributed by atoms with Crippen LogP contribution in [0.15, 0.2) is 48.5 Å². The maximum Gasteiger partial charge on any atom is 0.119 e. The van der Waals surface area contributed by atoms with Crippen molar-refractivity contribution in [3.05, 3.63) is 54.4 Å². The Kier molecular flexibility index (Phi) is 3.39. The number of aryl methyl sites for hydroxylation is 1. The van der Waals surface area contributed by atoms with Crippen molar-refractivity contribution >= 4 is 11.0 Å². The summed E-state index contributed by atoms with van der Waals surface area (Å²) in [6.07, 6.45) is 0. The topological polar surface area (TPSA) is 53.1 Å². The second-order valence-corrected chi connectivity index (χ2v) is 4.61. The van der Waals surface area contributed by atoms with Crippen molar-refractivity contribution in [3.8, 4) is 11.4 Å². The molecule has 20 heavy (non-hydrogen) atoms. The van der Waals surface area contributed by atoms with Crippen LogP contribution in [0.3, 0.4) is 0 Å². The van der Waals surface area contributed by atoms with Gasteiger partial charge in [-0.25, -0.2) is 4.98 Å². The van der Waals surface area contributed by atoms with Gasteiger partial charge >= 0.3 is 0 Å². The average molecular weight is 267 g/mol. The molecule has 0 bridgehead atoms. The minimum atomic E-state index is 0.521. The van der Waals surface area contributed by atoms with E-state index in [1.54, 1.807) is 0 Å². The summed E-state index contributed by atoms with van der Waals surface area (Å²) >= 11 is 0. The molecule has 0 unspecified atom stereocenters. The third kappa shape index (κ3) is 2.26. The fourth-order valence-electron chi connectivity index (χ4n) is 2.34. The summed E-state index contributed by atoms with van der Waals surface area (Å²) in [6, 6.07) is 16.1. The molecule has 1 heterocycles. The summed E-state index contributed by atoms with van der Waals surface area (Å²) in [5.74, 6) is 1.81. The van der Waals surface area contributed by atoms with Crippen molar-refractivity contribution in [2.24, 2.45) is 5.73 Å². The third-order valence-electron chi connectivity index (χ3n) is 3.21. The lowest BCUT2D eigenvalue weighted by atomic mass is 10.2. The Balaban J connectivity index is 2.00. The third-order valence-corrected chi connectivity index (χ3v) is 3.21. The van der Waals surface area contributed by atoms with E-state index in [1.807, 2.05) is 49.4 Å². The molecule has 0 atom stereocenters. The quantitative estimate of drug-likeness (QED) is 0.790. The monoisotopic (exact) mass is 267 g/mol. The summed E-state index contributed by atoms with van der Waals surface area (Å²) in [7, 11) is 0. The highest BCUT2D eigenvalue weighted by atomic mass is 16.5. The number of imidazole rings is 1. The van der Waals surface area contributed by atoms with Crippen molar-refractivity contribution in [1.29, 1.82) is 0 Å². The lowest BCUT2D eigenvalue weighted by molar-refractivity contribution is 0.328. The van der Waals surface area contributed by atoms with E-state index in [2.05, 4.69) is 15.6 Å². The van der Waals surface area contributed by atoms with Crippen LogP contribution in [-0.4, -0.2) is 22.7 Å². The minimum Gasteiger partial charge on any atom is -0.492 e. The van der Waals surface area contributed by atoms with Crippen molar-refractivity contribution in [1.82, 2.24) is 9.55 Å². The van der Waals surface area contributed by atoms with Crippen LogP contribution in [0.1, 0.15) is 5.82 Å². The summed E-state index contributed by atoms with van der Waals surface area (Å²) in [6.45, 7) is 3.07. The van der Waals surface area contributed by atoms with Gasteiger partial charge in [0.05, 0.1) is 11.0 Å². The van der Waals surface area contributed by atoms with Crippen LogP contribution in [0.25, 0.3) is 16.7 Å². The van der Waals surface area contributed by atoms with Crippen LogP contribution in [0.4, 0.5) is 0 Å². The minimum absolute atomic E-state index is 0.521. The highest BCUT2D eigenvalue weighted by molar-refractivity contribution is 5.78. The summed E-state index contributed by atoms with van der Waals surface area (Å²) in [5, 5.41) is 0. The fraction of sp³-hybridized carbons (Fsp3) is 0.188. The van der Waals surface area contributed by atoms with E-state index in [0.717, 1.165) is 28.3 Å². The molecule has 0 spiro atoms. The lowest BCUT2D eigenvalue weighted by Gasteiger charge is -2.09. The van der Waals surface area contributed by atoms with Gasteiger partial charge in [0.2, 0.25) is 0 Å². The molecule has 0 aliphatic rings. The molecule has 0 fully saturated rings. The Bertz CT molecular complexity index is 716. The van der Waals surface area contributed by atoms with Gasteiger partial charge in [-0.1, -0.05) is 12.1 Å². The average Bonchev–Trinajstić information content (AvgIpc) is 2.81. The molecule has 0 amide bonds. The number of rotatable bonds is 4. The Hall–Kier alpha value is -2.33. The molecule has 0 saturated carbocycles. The van der Waals surface area contributed by atoms with Gasteiger partial charge in [-0.2, -0.15) is 0 Å². The predicted molar refractivity (Wildman–Crippen MR) is 80.4 cm³/mol. The van der Waals surface area contributed by atoms with Gasteiger partial charge < -0.3 is 10.5 Å². The summed E-state index contributed by atoms with van der Waals surface area (Å²) in [4.78, 5) is 4.58. The zero-order valence-corrected chi connectivity index (χ0v) is 11.4. The molecule has 0 radical (unpaired) electrons. The zero-order valence-electron chi connectivity index (χ0n) is 11.4. The molecule has 0 aliphatic carbocycles. The molecule has 2 aromatic carbocycles. The maximum absolute atomic E-state index is 5.50. The van der Waals surface area contributed by atoms with Crippen molar-refractivity contribution in [2.75, 3.05) is 13.2 Å².